The molecule has 10 heteroatoms. The van der Waals surface area contributed by atoms with E-state index in [1.54, 1.807) is 19.9 Å². The smallest absolute Gasteiger partial charge is 0.265 e. The molecule has 1 N–H and O–H groups in total. The van der Waals surface area contributed by atoms with Gasteiger partial charge in [0.15, 0.2) is 6.10 Å². The maximum Gasteiger partial charge on any atom is 0.265 e. The Bertz CT molecular complexity index is 988. The Labute approximate surface area is 183 Å². The predicted octanol–water partition coefficient (Wildman–Crippen LogP) is 0.889. The van der Waals surface area contributed by atoms with E-state index in [4.69, 9.17) is 4.74 Å². The maximum absolute atomic E-state index is 13.5. The molecule has 3 aliphatic heterocycles. The van der Waals surface area contributed by atoms with E-state index in [1.807, 2.05) is 11.9 Å². The highest BCUT2D eigenvalue weighted by molar-refractivity contribution is 7.89. The molecule has 0 aromatic heterocycles. The second-order valence-corrected chi connectivity index (χ2v) is 10.6. The second-order valence-electron chi connectivity index (χ2n) is 8.69. The van der Waals surface area contributed by atoms with E-state index >= 15 is 0 Å². The minimum absolute atomic E-state index is 0.0510. The summed E-state index contributed by atoms with van der Waals surface area (Å²) in [5.41, 5.74) is 1.01. The van der Waals surface area contributed by atoms with Crippen LogP contribution in [0.15, 0.2) is 17.0 Å². The van der Waals surface area contributed by atoms with Gasteiger partial charge >= 0.3 is 0 Å². The summed E-state index contributed by atoms with van der Waals surface area (Å²) < 4.78 is 34.0. The number of hydrogen-bond donors (Lipinski definition) is 1. The van der Waals surface area contributed by atoms with E-state index in [0.29, 0.717) is 49.5 Å². The molecule has 2 amide bonds. The largest absolute Gasteiger partial charge is 0.479 e. The van der Waals surface area contributed by atoms with Crippen LogP contribution in [0.2, 0.25) is 0 Å². The second kappa shape index (κ2) is 8.40. The summed E-state index contributed by atoms with van der Waals surface area (Å²) in [7, 11) is -1.77. The van der Waals surface area contributed by atoms with Gasteiger partial charge in [0.2, 0.25) is 15.9 Å². The van der Waals surface area contributed by atoms with Crippen LogP contribution in [-0.2, 0) is 19.6 Å². The number of anilines is 1. The van der Waals surface area contributed by atoms with E-state index in [0.717, 1.165) is 13.1 Å². The van der Waals surface area contributed by atoms with Crippen LogP contribution in [0.4, 0.5) is 5.69 Å². The SMILES string of the molecule is Cc1cc2c(cc1S(=O)(=O)N1CCCC(C(=O)N3CCN(C)CC3)C1)OC(C)C(=O)N2. The van der Waals surface area contributed by atoms with Crippen molar-refractivity contribution in [3.05, 3.63) is 17.7 Å². The number of rotatable bonds is 3. The number of sulfonamides is 1. The number of nitrogens with zero attached hydrogens (tertiary/aromatic N) is 3. The van der Waals surface area contributed by atoms with Crippen LogP contribution in [0.1, 0.15) is 25.3 Å². The summed E-state index contributed by atoms with van der Waals surface area (Å²) in [6.07, 6.45) is 0.663. The van der Waals surface area contributed by atoms with Crippen molar-refractivity contribution in [3.63, 3.8) is 0 Å². The van der Waals surface area contributed by atoms with Gasteiger partial charge in [0.1, 0.15) is 5.75 Å². The molecule has 3 heterocycles. The molecule has 0 aliphatic carbocycles. The van der Waals surface area contributed by atoms with Gasteiger partial charge < -0.3 is 19.9 Å². The van der Waals surface area contributed by atoms with Crippen molar-refractivity contribution >= 4 is 27.5 Å². The van der Waals surface area contributed by atoms with Crippen LogP contribution >= 0.6 is 0 Å². The average Bonchev–Trinajstić information content (AvgIpc) is 2.74. The fraction of sp³-hybridized carbons (Fsp3) is 0.619. The Kier molecular flexibility index (Phi) is 5.97. The van der Waals surface area contributed by atoms with Gasteiger partial charge in [0, 0.05) is 45.3 Å². The average molecular weight is 451 g/mol. The third-order valence-corrected chi connectivity index (χ3v) is 8.38. The number of likely N-dealkylation sites (N-methyl/N-ethyl adjacent to an activating group) is 1. The van der Waals surface area contributed by atoms with Crippen LogP contribution in [0.25, 0.3) is 0 Å². The standard InChI is InChI=1S/C21H30N4O5S/c1-14-11-17-18(30-15(2)20(26)22-17)12-19(14)31(28,29)25-6-4-5-16(13-25)21(27)24-9-7-23(3)8-10-24/h11-12,15-16H,4-10,13H2,1-3H3,(H,22,26). The molecular weight excluding hydrogens is 420 g/mol. The lowest BCUT2D eigenvalue weighted by atomic mass is 9.98. The zero-order chi connectivity index (χ0) is 22.3. The number of aryl methyl sites for hydroxylation is 1. The molecule has 1 aromatic rings. The molecular formula is C21H30N4O5S. The number of piperazine rings is 1. The van der Waals surface area contributed by atoms with Crippen molar-refractivity contribution in [1.29, 1.82) is 0 Å². The first-order chi connectivity index (χ1) is 14.7. The molecule has 2 fully saturated rings. The molecule has 2 unspecified atom stereocenters. The normalized spacial score (nSPS) is 25.5. The molecule has 0 spiro atoms. The number of hydrogen-bond acceptors (Lipinski definition) is 6. The molecule has 0 radical (unpaired) electrons. The summed E-state index contributed by atoms with van der Waals surface area (Å²) in [6.45, 7) is 6.94. The molecule has 2 saturated heterocycles. The zero-order valence-electron chi connectivity index (χ0n) is 18.3. The highest BCUT2D eigenvalue weighted by Crippen LogP contribution is 2.36. The van der Waals surface area contributed by atoms with Crippen LogP contribution < -0.4 is 10.1 Å². The molecule has 1 aromatic carbocycles. The highest BCUT2D eigenvalue weighted by Gasteiger charge is 2.37. The van der Waals surface area contributed by atoms with Crippen molar-refractivity contribution in [3.8, 4) is 5.75 Å². The Hall–Kier alpha value is -2.17. The predicted molar refractivity (Wildman–Crippen MR) is 115 cm³/mol. The summed E-state index contributed by atoms with van der Waals surface area (Å²) in [6, 6.07) is 3.12. The number of amides is 2. The van der Waals surface area contributed by atoms with E-state index in [1.165, 1.54) is 10.4 Å². The third kappa shape index (κ3) is 4.28. The van der Waals surface area contributed by atoms with Gasteiger partial charge in [-0.1, -0.05) is 0 Å². The first kappa shape index (κ1) is 22.0. The van der Waals surface area contributed by atoms with E-state index < -0.39 is 16.1 Å². The first-order valence-corrected chi connectivity index (χ1v) is 12.2. The van der Waals surface area contributed by atoms with Crippen molar-refractivity contribution in [1.82, 2.24) is 14.1 Å². The quantitative estimate of drug-likeness (QED) is 0.734. The number of ether oxygens (including phenoxy) is 1. The Morgan fingerprint density at radius 2 is 1.87 bits per heavy atom. The van der Waals surface area contributed by atoms with E-state index in [-0.39, 0.29) is 29.2 Å². The van der Waals surface area contributed by atoms with Crippen LogP contribution in [0.5, 0.6) is 5.75 Å². The Balaban J connectivity index is 1.54. The van der Waals surface area contributed by atoms with Gasteiger partial charge in [-0.3, -0.25) is 9.59 Å². The summed E-state index contributed by atoms with van der Waals surface area (Å²) in [5.74, 6) is -0.183. The number of nitrogens with one attached hydrogen (secondary N) is 1. The minimum atomic E-state index is -3.80. The number of carbonyl (C=O) groups excluding carboxylic acids is 2. The summed E-state index contributed by atoms with van der Waals surface area (Å²) in [4.78, 5) is 29.1. The number of piperidine rings is 1. The maximum atomic E-state index is 13.5. The van der Waals surface area contributed by atoms with Crippen molar-refractivity contribution in [2.45, 2.75) is 37.7 Å². The lowest BCUT2D eigenvalue weighted by Gasteiger charge is -2.37. The number of benzene rings is 1. The van der Waals surface area contributed by atoms with Crippen molar-refractivity contribution < 1.29 is 22.7 Å². The molecule has 3 aliphatic rings. The molecule has 9 nitrogen and oxygen atoms in total. The molecule has 31 heavy (non-hydrogen) atoms. The van der Waals surface area contributed by atoms with Gasteiger partial charge in [-0.25, -0.2) is 8.42 Å². The van der Waals surface area contributed by atoms with Gasteiger partial charge in [-0.05, 0) is 45.4 Å². The monoisotopic (exact) mass is 450 g/mol. The topological polar surface area (TPSA) is 99.3 Å². The first-order valence-electron chi connectivity index (χ1n) is 10.8. The van der Waals surface area contributed by atoms with Gasteiger partial charge in [0.05, 0.1) is 16.5 Å². The highest BCUT2D eigenvalue weighted by atomic mass is 32.2. The van der Waals surface area contributed by atoms with E-state index in [9.17, 15) is 18.0 Å². The van der Waals surface area contributed by atoms with Crippen molar-refractivity contribution in [2.24, 2.45) is 5.92 Å². The van der Waals surface area contributed by atoms with Crippen LogP contribution in [0.3, 0.4) is 0 Å². The number of carbonyl (C=O) groups is 2. The molecule has 170 valence electrons. The fourth-order valence-corrected chi connectivity index (χ4v) is 6.15. The van der Waals surface area contributed by atoms with Gasteiger partial charge in [0.25, 0.3) is 5.91 Å². The molecule has 4 rings (SSSR count). The molecule has 2 atom stereocenters. The van der Waals surface area contributed by atoms with Gasteiger partial charge in [-0.2, -0.15) is 4.31 Å². The fourth-order valence-electron chi connectivity index (χ4n) is 4.41. The van der Waals surface area contributed by atoms with Gasteiger partial charge in [-0.15, -0.1) is 0 Å². The minimum Gasteiger partial charge on any atom is -0.479 e. The summed E-state index contributed by atoms with van der Waals surface area (Å²) >= 11 is 0. The lowest BCUT2D eigenvalue weighted by molar-refractivity contribution is -0.138. The zero-order valence-corrected chi connectivity index (χ0v) is 19.1. The van der Waals surface area contributed by atoms with Crippen LogP contribution in [-0.4, -0.2) is 86.8 Å². The summed E-state index contributed by atoms with van der Waals surface area (Å²) in [5, 5.41) is 2.74. The lowest BCUT2D eigenvalue weighted by Crippen LogP contribution is -2.52. The van der Waals surface area contributed by atoms with Crippen LogP contribution in [0, 0.1) is 12.8 Å². The Morgan fingerprint density at radius 1 is 1.16 bits per heavy atom. The van der Waals surface area contributed by atoms with E-state index in [2.05, 4.69) is 10.2 Å². The molecule has 0 bridgehead atoms. The molecule has 0 saturated carbocycles. The van der Waals surface area contributed by atoms with Crippen molar-refractivity contribution in [2.75, 3.05) is 51.6 Å². The Morgan fingerprint density at radius 3 is 2.58 bits per heavy atom. The third-order valence-electron chi connectivity index (χ3n) is 6.37. The number of fused-ring (bicyclic) bond motifs is 1.